The minimum atomic E-state index is 0.0424. The van der Waals surface area contributed by atoms with E-state index in [9.17, 15) is 9.59 Å². The maximum absolute atomic E-state index is 13.4. The van der Waals surface area contributed by atoms with Crippen molar-refractivity contribution in [2.45, 2.75) is 54.0 Å². The summed E-state index contributed by atoms with van der Waals surface area (Å²) in [6.45, 7) is 14.6. The molecule has 0 spiro atoms. The van der Waals surface area contributed by atoms with E-state index >= 15 is 0 Å². The number of benzene rings is 1. The van der Waals surface area contributed by atoms with Gasteiger partial charge in [0.25, 0.3) is 0 Å². The molecule has 0 bridgehead atoms. The SMILES string of the molecule is CC(=O)N1CCCN(CC(C)C)CCN(C(=O)Cc2sc(C)nc2C)Cc2ccccc21. The number of para-hydroxylation sites is 1. The Bertz CT molecular complexity index is 940. The highest BCUT2D eigenvalue weighted by Crippen LogP contribution is 2.25. The van der Waals surface area contributed by atoms with Crippen molar-refractivity contribution >= 4 is 28.8 Å². The van der Waals surface area contributed by atoms with Crippen LogP contribution in [0.15, 0.2) is 24.3 Å². The van der Waals surface area contributed by atoms with Crippen LogP contribution in [0.25, 0.3) is 0 Å². The fourth-order valence-electron chi connectivity index (χ4n) is 4.36. The molecule has 0 atom stereocenters. The predicted molar refractivity (Wildman–Crippen MR) is 131 cm³/mol. The van der Waals surface area contributed by atoms with Gasteiger partial charge in [-0.15, -0.1) is 11.3 Å². The largest absolute Gasteiger partial charge is 0.337 e. The molecule has 0 fully saturated rings. The summed E-state index contributed by atoms with van der Waals surface area (Å²) >= 11 is 1.60. The fraction of sp³-hybridized carbons (Fsp3) is 0.560. The number of aromatic nitrogens is 1. The Kier molecular flexibility index (Phi) is 8.43. The maximum atomic E-state index is 13.4. The molecule has 0 N–H and O–H groups in total. The summed E-state index contributed by atoms with van der Waals surface area (Å²) in [5.41, 5.74) is 2.88. The van der Waals surface area contributed by atoms with Crippen LogP contribution in [-0.2, 0) is 22.6 Å². The van der Waals surface area contributed by atoms with Gasteiger partial charge in [0.05, 0.1) is 17.1 Å². The first-order valence-electron chi connectivity index (χ1n) is 11.5. The molecule has 0 saturated heterocycles. The Balaban J connectivity index is 1.91. The van der Waals surface area contributed by atoms with E-state index in [1.807, 2.05) is 47.9 Å². The second kappa shape index (κ2) is 11.1. The molecular weight excluding hydrogens is 420 g/mol. The van der Waals surface area contributed by atoms with Gasteiger partial charge < -0.3 is 14.7 Å². The van der Waals surface area contributed by atoms with Crippen LogP contribution in [0.5, 0.6) is 0 Å². The Morgan fingerprint density at radius 1 is 1.09 bits per heavy atom. The summed E-state index contributed by atoms with van der Waals surface area (Å²) in [7, 11) is 0. The van der Waals surface area contributed by atoms with Gasteiger partial charge in [0.2, 0.25) is 11.8 Å². The number of carbonyl (C=O) groups excluding carboxylic acids is 2. The second-order valence-corrected chi connectivity index (χ2v) is 10.4. The third-order valence-electron chi connectivity index (χ3n) is 5.85. The number of hydrogen-bond acceptors (Lipinski definition) is 5. The molecular formula is C25H36N4O2S. The normalized spacial score (nSPS) is 16.1. The highest BCUT2D eigenvalue weighted by Gasteiger charge is 2.23. The molecule has 1 aromatic carbocycles. The van der Waals surface area contributed by atoms with E-state index in [1.165, 1.54) is 0 Å². The highest BCUT2D eigenvalue weighted by molar-refractivity contribution is 7.11. The van der Waals surface area contributed by atoms with Crippen molar-refractivity contribution < 1.29 is 9.59 Å². The molecule has 1 aliphatic rings. The zero-order chi connectivity index (χ0) is 23.3. The number of anilines is 1. The number of thiazole rings is 1. The predicted octanol–water partition coefficient (Wildman–Crippen LogP) is 4.05. The smallest absolute Gasteiger partial charge is 0.228 e. The van der Waals surface area contributed by atoms with E-state index in [-0.39, 0.29) is 11.8 Å². The van der Waals surface area contributed by atoms with Crippen LogP contribution in [0.4, 0.5) is 5.69 Å². The Labute approximate surface area is 196 Å². The average Bonchev–Trinajstić information content (AvgIpc) is 3.02. The van der Waals surface area contributed by atoms with Gasteiger partial charge in [0, 0.05) is 50.2 Å². The lowest BCUT2D eigenvalue weighted by atomic mass is 10.1. The van der Waals surface area contributed by atoms with E-state index in [2.05, 4.69) is 23.7 Å². The molecule has 0 aliphatic carbocycles. The lowest BCUT2D eigenvalue weighted by Crippen LogP contribution is -2.40. The topological polar surface area (TPSA) is 56.8 Å². The van der Waals surface area contributed by atoms with E-state index < -0.39 is 0 Å². The maximum Gasteiger partial charge on any atom is 0.228 e. The standard InChI is InChI=1S/C25H36N4O2S/c1-18(2)16-27-11-8-12-29(21(5)30)23-10-7-6-9-22(23)17-28(14-13-27)25(31)15-24-19(3)26-20(4)32-24/h6-7,9-10,18H,8,11-17H2,1-5H3. The van der Waals surface area contributed by atoms with Gasteiger partial charge in [-0.05, 0) is 44.4 Å². The summed E-state index contributed by atoms with van der Waals surface area (Å²) in [5, 5.41) is 0.994. The minimum Gasteiger partial charge on any atom is -0.337 e. The van der Waals surface area contributed by atoms with Gasteiger partial charge in [-0.25, -0.2) is 4.98 Å². The molecule has 2 heterocycles. The van der Waals surface area contributed by atoms with Crippen molar-refractivity contribution in [3.8, 4) is 0 Å². The van der Waals surface area contributed by atoms with Crippen LogP contribution in [0, 0.1) is 19.8 Å². The van der Waals surface area contributed by atoms with Crippen molar-refractivity contribution in [3.05, 3.63) is 45.4 Å². The molecule has 1 aliphatic heterocycles. The van der Waals surface area contributed by atoms with Crippen LogP contribution in [-0.4, -0.2) is 59.3 Å². The van der Waals surface area contributed by atoms with Crippen LogP contribution in [0.2, 0.25) is 0 Å². The summed E-state index contributed by atoms with van der Waals surface area (Å²) < 4.78 is 0. The van der Waals surface area contributed by atoms with Gasteiger partial charge in [0.15, 0.2) is 0 Å². The van der Waals surface area contributed by atoms with E-state index in [1.54, 1.807) is 18.3 Å². The van der Waals surface area contributed by atoms with Crippen LogP contribution >= 0.6 is 11.3 Å². The van der Waals surface area contributed by atoms with Gasteiger partial charge in [-0.2, -0.15) is 0 Å². The molecule has 0 saturated carbocycles. The van der Waals surface area contributed by atoms with E-state index in [0.717, 1.165) is 52.9 Å². The quantitative estimate of drug-likeness (QED) is 0.697. The van der Waals surface area contributed by atoms with Gasteiger partial charge in [0.1, 0.15) is 0 Å². The molecule has 0 unspecified atom stereocenters. The molecule has 6 nitrogen and oxygen atoms in total. The first kappa shape index (κ1) is 24.4. The lowest BCUT2D eigenvalue weighted by Gasteiger charge is -2.28. The number of fused-ring (bicyclic) bond motifs is 1. The summed E-state index contributed by atoms with van der Waals surface area (Å²) in [5.74, 6) is 0.707. The molecule has 174 valence electrons. The Morgan fingerprint density at radius 2 is 1.84 bits per heavy atom. The monoisotopic (exact) mass is 456 g/mol. The zero-order valence-electron chi connectivity index (χ0n) is 20.1. The first-order valence-corrected chi connectivity index (χ1v) is 12.3. The van der Waals surface area contributed by atoms with Crippen molar-refractivity contribution in [1.82, 2.24) is 14.8 Å². The molecule has 1 aromatic heterocycles. The molecule has 2 aromatic rings. The van der Waals surface area contributed by atoms with Gasteiger partial charge in [-0.1, -0.05) is 32.0 Å². The number of carbonyl (C=O) groups is 2. The third-order valence-corrected chi connectivity index (χ3v) is 6.93. The van der Waals surface area contributed by atoms with Crippen molar-refractivity contribution in [1.29, 1.82) is 0 Å². The van der Waals surface area contributed by atoms with Crippen LogP contribution < -0.4 is 4.90 Å². The van der Waals surface area contributed by atoms with E-state index in [0.29, 0.717) is 32.0 Å². The average molecular weight is 457 g/mol. The number of hydrogen-bond donors (Lipinski definition) is 0. The summed E-state index contributed by atoms with van der Waals surface area (Å²) in [6, 6.07) is 7.99. The number of nitrogens with zero attached hydrogens (tertiary/aromatic N) is 4. The first-order chi connectivity index (χ1) is 15.2. The molecule has 0 radical (unpaired) electrons. The molecule has 7 heteroatoms. The lowest BCUT2D eigenvalue weighted by molar-refractivity contribution is -0.131. The van der Waals surface area contributed by atoms with Crippen molar-refractivity contribution in [2.75, 3.05) is 37.6 Å². The number of amides is 2. The summed E-state index contributed by atoms with van der Waals surface area (Å²) in [4.78, 5) is 37.7. The van der Waals surface area contributed by atoms with Crippen molar-refractivity contribution in [3.63, 3.8) is 0 Å². The zero-order valence-corrected chi connectivity index (χ0v) is 20.9. The van der Waals surface area contributed by atoms with Crippen LogP contribution in [0.1, 0.15) is 48.3 Å². The van der Waals surface area contributed by atoms with Gasteiger partial charge in [-0.3, -0.25) is 9.59 Å². The van der Waals surface area contributed by atoms with E-state index in [4.69, 9.17) is 0 Å². The molecule has 3 rings (SSSR count). The second-order valence-electron chi connectivity index (χ2n) is 9.08. The molecule has 2 amide bonds. The number of rotatable bonds is 4. The molecule has 32 heavy (non-hydrogen) atoms. The van der Waals surface area contributed by atoms with Crippen molar-refractivity contribution in [2.24, 2.45) is 5.92 Å². The number of aryl methyl sites for hydroxylation is 2. The Morgan fingerprint density at radius 3 is 2.50 bits per heavy atom. The minimum absolute atomic E-state index is 0.0424. The van der Waals surface area contributed by atoms with Crippen LogP contribution in [0.3, 0.4) is 0 Å². The fourth-order valence-corrected chi connectivity index (χ4v) is 5.29. The highest BCUT2D eigenvalue weighted by atomic mass is 32.1. The Hall–Kier alpha value is -2.25. The third kappa shape index (κ3) is 6.39. The van der Waals surface area contributed by atoms with Gasteiger partial charge >= 0.3 is 0 Å². The summed E-state index contributed by atoms with van der Waals surface area (Å²) in [6.07, 6.45) is 1.29.